The molecule has 0 heterocycles. The maximum Gasteiger partial charge on any atom is 0.145 e. The predicted octanol–water partition coefficient (Wildman–Crippen LogP) is 2.99. The number of halogens is 1. The van der Waals surface area contributed by atoms with Gasteiger partial charge in [-0.05, 0) is 19.4 Å². The van der Waals surface area contributed by atoms with E-state index in [1.54, 1.807) is 12.1 Å². The van der Waals surface area contributed by atoms with Crippen LogP contribution in [0, 0.1) is 22.6 Å². The molecule has 1 aliphatic carbocycles. The number of ether oxygens (including phenoxy) is 1. The third kappa shape index (κ3) is 2.70. The van der Waals surface area contributed by atoms with Gasteiger partial charge >= 0.3 is 0 Å². The first-order valence-electron chi connectivity index (χ1n) is 7.03. The molecule has 2 atom stereocenters. The number of benzene rings is 1. The van der Waals surface area contributed by atoms with Crippen molar-refractivity contribution < 1.29 is 9.13 Å². The quantitative estimate of drug-likeness (QED) is 0.899. The summed E-state index contributed by atoms with van der Waals surface area (Å²) in [4.78, 5) is 0. The van der Waals surface area contributed by atoms with Gasteiger partial charge in [-0.25, -0.2) is 4.39 Å². The molecule has 1 fully saturated rings. The number of rotatable bonds is 5. The molecule has 4 heteroatoms. The average Bonchev–Trinajstić information content (AvgIpc) is 2.43. The molecule has 0 aromatic heterocycles. The van der Waals surface area contributed by atoms with Gasteiger partial charge in [-0.15, -0.1) is 0 Å². The van der Waals surface area contributed by atoms with E-state index in [2.05, 4.69) is 19.2 Å². The molecule has 2 rings (SSSR count). The lowest BCUT2D eigenvalue weighted by molar-refractivity contribution is -0.114. The second kappa shape index (κ2) is 5.90. The van der Waals surface area contributed by atoms with Gasteiger partial charge in [0.05, 0.1) is 11.7 Å². The summed E-state index contributed by atoms with van der Waals surface area (Å²) in [6.45, 7) is 7.49. The van der Waals surface area contributed by atoms with Gasteiger partial charge in [0.2, 0.25) is 0 Å². The minimum absolute atomic E-state index is 0.0549. The summed E-state index contributed by atoms with van der Waals surface area (Å²) >= 11 is 0. The van der Waals surface area contributed by atoms with E-state index in [4.69, 9.17) is 10.00 Å². The summed E-state index contributed by atoms with van der Waals surface area (Å²) < 4.78 is 19.6. The van der Waals surface area contributed by atoms with E-state index in [-0.39, 0.29) is 17.1 Å². The zero-order chi connectivity index (χ0) is 14.8. The topological polar surface area (TPSA) is 45.0 Å². The molecule has 0 saturated heterocycles. The summed E-state index contributed by atoms with van der Waals surface area (Å²) in [5, 5.41) is 12.2. The fourth-order valence-corrected chi connectivity index (χ4v) is 2.75. The number of nitrogens with one attached hydrogen (secondary N) is 1. The van der Waals surface area contributed by atoms with E-state index < -0.39 is 5.82 Å². The molecule has 2 unspecified atom stereocenters. The standard InChI is InChI=1S/C16H21FN2O/c1-4-20-14-8-13(16(14,2)3)19-10-12-7-5-6-11(9-18)15(12)17/h5-7,13-14,19H,4,8,10H2,1-3H3. The summed E-state index contributed by atoms with van der Waals surface area (Å²) in [6, 6.07) is 7.11. The van der Waals surface area contributed by atoms with Crippen molar-refractivity contribution in [2.75, 3.05) is 6.61 Å². The van der Waals surface area contributed by atoms with Gasteiger partial charge in [0.15, 0.2) is 0 Å². The Bertz CT molecular complexity index is 522. The fraction of sp³-hybridized carbons (Fsp3) is 0.562. The van der Waals surface area contributed by atoms with Gasteiger partial charge in [-0.3, -0.25) is 0 Å². The molecule has 1 saturated carbocycles. The van der Waals surface area contributed by atoms with Crippen LogP contribution in [0.25, 0.3) is 0 Å². The highest BCUT2D eigenvalue weighted by Crippen LogP contribution is 2.42. The van der Waals surface area contributed by atoms with E-state index >= 15 is 0 Å². The summed E-state index contributed by atoms with van der Waals surface area (Å²) in [7, 11) is 0. The predicted molar refractivity (Wildman–Crippen MR) is 75.6 cm³/mol. The van der Waals surface area contributed by atoms with E-state index in [0.29, 0.717) is 18.2 Å². The Morgan fingerprint density at radius 2 is 2.25 bits per heavy atom. The number of nitrogens with zero attached hydrogens (tertiary/aromatic N) is 1. The second-order valence-electron chi connectivity index (χ2n) is 5.83. The zero-order valence-corrected chi connectivity index (χ0v) is 12.2. The molecular formula is C16H21FN2O. The van der Waals surface area contributed by atoms with Gasteiger partial charge in [-0.2, -0.15) is 5.26 Å². The van der Waals surface area contributed by atoms with Crippen molar-refractivity contribution >= 4 is 0 Å². The van der Waals surface area contributed by atoms with Crippen molar-refractivity contribution in [3.05, 3.63) is 35.1 Å². The lowest BCUT2D eigenvalue weighted by Crippen LogP contribution is -2.60. The molecule has 0 radical (unpaired) electrons. The normalized spacial score (nSPS) is 23.9. The van der Waals surface area contributed by atoms with Gasteiger partial charge in [0.1, 0.15) is 11.9 Å². The lowest BCUT2D eigenvalue weighted by Gasteiger charge is -2.52. The van der Waals surface area contributed by atoms with Crippen LogP contribution in [0.1, 0.15) is 38.3 Å². The molecule has 1 aromatic carbocycles. The van der Waals surface area contributed by atoms with Crippen molar-refractivity contribution in [2.24, 2.45) is 5.41 Å². The minimum Gasteiger partial charge on any atom is -0.378 e. The number of nitriles is 1. The molecular weight excluding hydrogens is 255 g/mol. The van der Waals surface area contributed by atoms with E-state index in [1.807, 2.05) is 13.0 Å². The molecule has 0 bridgehead atoms. The SMILES string of the molecule is CCOC1CC(NCc2cccc(C#N)c2F)C1(C)C. The highest BCUT2D eigenvalue weighted by molar-refractivity contribution is 5.35. The summed E-state index contributed by atoms with van der Waals surface area (Å²) in [6.07, 6.45) is 1.21. The van der Waals surface area contributed by atoms with Crippen molar-refractivity contribution in [2.45, 2.75) is 45.9 Å². The Labute approximate surface area is 119 Å². The van der Waals surface area contributed by atoms with Crippen LogP contribution in [0.2, 0.25) is 0 Å². The Morgan fingerprint density at radius 1 is 1.50 bits per heavy atom. The molecule has 0 aliphatic heterocycles. The van der Waals surface area contributed by atoms with Crippen LogP contribution in [-0.4, -0.2) is 18.8 Å². The summed E-state index contributed by atoms with van der Waals surface area (Å²) in [5.74, 6) is -0.416. The van der Waals surface area contributed by atoms with Gasteiger partial charge in [0.25, 0.3) is 0 Å². The molecule has 3 nitrogen and oxygen atoms in total. The molecule has 108 valence electrons. The highest BCUT2D eigenvalue weighted by Gasteiger charge is 2.48. The third-order valence-electron chi connectivity index (χ3n) is 4.28. The molecule has 0 amide bonds. The monoisotopic (exact) mass is 276 g/mol. The largest absolute Gasteiger partial charge is 0.378 e. The van der Waals surface area contributed by atoms with Crippen LogP contribution >= 0.6 is 0 Å². The zero-order valence-electron chi connectivity index (χ0n) is 12.2. The van der Waals surface area contributed by atoms with Crippen LogP contribution in [0.4, 0.5) is 4.39 Å². The lowest BCUT2D eigenvalue weighted by atomic mass is 9.64. The molecule has 1 N–H and O–H groups in total. The Balaban J connectivity index is 1.96. The first-order valence-corrected chi connectivity index (χ1v) is 7.03. The molecule has 1 aromatic rings. The summed E-state index contributed by atoms with van der Waals surface area (Å²) in [5.41, 5.74) is 0.698. The van der Waals surface area contributed by atoms with Crippen LogP contribution < -0.4 is 5.32 Å². The van der Waals surface area contributed by atoms with Gasteiger partial charge in [0, 0.05) is 30.2 Å². The van der Waals surface area contributed by atoms with Crippen molar-refractivity contribution in [3.8, 4) is 6.07 Å². The average molecular weight is 276 g/mol. The maximum atomic E-state index is 13.9. The van der Waals surface area contributed by atoms with Gasteiger partial charge in [-0.1, -0.05) is 26.0 Å². The van der Waals surface area contributed by atoms with E-state index in [0.717, 1.165) is 13.0 Å². The first kappa shape index (κ1) is 15.0. The van der Waals surface area contributed by atoms with Crippen LogP contribution in [0.15, 0.2) is 18.2 Å². The molecule has 0 spiro atoms. The third-order valence-corrected chi connectivity index (χ3v) is 4.28. The van der Waals surface area contributed by atoms with Crippen molar-refractivity contribution in [1.29, 1.82) is 5.26 Å². The van der Waals surface area contributed by atoms with Crippen molar-refractivity contribution in [1.82, 2.24) is 5.32 Å². The maximum absolute atomic E-state index is 13.9. The highest BCUT2D eigenvalue weighted by atomic mass is 19.1. The van der Waals surface area contributed by atoms with Crippen LogP contribution in [0.3, 0.4) is 0 Å². The smallest absolute Gasteiger partial charge is 0.145 e. The minimum atomic E-state index is -0.416. The van der Waals surface area contributed by atoms with Crippen molar-refractivity contribution in [3.63, 3.8) is 0 Å². The molecule has 20 heavy (non-hydrogen) atoms. The second-order valence-corrected chi connectivity index (χ2v) is 5.83. The van der Waals surface area contributed by atoms with E-state index in [1.165, 1.54) is 6.07 Å². The Hall–Kier alpha value is -1.44. The van der Waals surface area contributed by atoms with E-state index in [9.17, 15) is 4.39 Å². The Morgan fingerprint density at radius 3 is 2.85 bits per heavy atom. The fourth-order valence-electron chi connectivity index (χ4n) is 2.75. The first-order chi connectivity index (χ1) is 9.50. The Kier molecular flexibility index (Phi) is 4.42. The number of hydrogen-bond donors (Lipinski definition) is 1. The van der Waals surface area contributed by atoms with Crippen LogP contribution in [0.5, 0.6) is 0 Å². The van der Waals surface area contributed by atoms with Gasteiger partial charge < -0.3 is 10.1 Å². The number of hydrogen-bond acceptors (Lipinski definition) is 3. The molecule has 1 aliphatic rings. The van der Waals surface area contributed by atoms with Crippen LogP contribution in [-0.2, 0) is 11.3 Å².